The molecule has 2 aromatic rings. The van der Waals surface area contributed by atoms with Crippen molar-refractivity contribution in [2.24, 2.45) is 5.73 Å². The van der Waals surface area contributed by atoms with Crippen LogP contribution in [0.2, 0.25) is 0 Å². The van der Waals surface area contributed by atoms with Crippen LogP contribution in [-0.4, -0.2) is 11.3 Å². The minimum atomic E-state index is -4.18. The Morgan fingerprint density at radius 1 is 1.05 bits per heavy atom. The average Bonchev–Trinajstić information content (AvgIpc) is 2.34. The van der Waals surface area contributed by atoms with Crippen LogP contribution >= 0.6 is 0 Å². The minimum Gasteiger partial charge on any atom is -0.508 e. The molecule has 0 aliphatic carbocycles. The van der Waals surface area contributed by atoms with Crippen molar-refractivity contribution >= 4 is 10.8 Å². The summed E-state index contributed by atoms with van der Waals surface area (Å²) in [4.78, 5) is 0. The smallest absolute Gasteiger partial charge is 0.389 e. The highest BCUT2D eigenvalue weighted by atomic mass is 19.4. The second-order valence-electron chi connectivity index (χ2n) is 4.55. The summed E-state index contributed by atoms with van der Waals surface area (Å²) in [6.45, 7) is 0. The van der Waals surface area contributed by atoms with Crippen molar-refractivity contribution in [1.82, 2.24) is 0 Å². The molecule has 0 heterocycles. The lowest BCUT2D eigenvalue weighted by molar-refractivity contribution is -0.136. The van der Waals surface area contributed by atoms with E-state index in [4.69, 9.17) is 5.73 Å². The summed E-state index contributed by atoms with van der Waals surface area (Å²) in [6, 6.07) is 9.41. The zero-order chi connectivity index (χ0) is 14.0. The quantitative estimate of drug-likeness (QED) is 0.888. The molecule has 19 heavy (non-hydrogen) atoms. The Morgan fingerprint density at radius 3 is 2.37 bits per heavy atom. The lowest BCUT2D eigenvalue weighted by Crippen LogP contribution is -2.15. The van der Waals surface area contributed by atoms with Gasteiger partial charge < -0.3 is 10.8 Å². The molecule has 2 aromatic carbocycles. The van der Waals surface area contributed by atoms with Gasteiger partial charge in [0.25, 0.3) is 0 Å². The summed E-state index contributed by atoms with van der Waals surface area (Å²) in [5.74, 6) is 0.154. The van der Waals surface area contributed by atoms with Crippen LogP contribution in [0.1, 0.15) is 24.4 Å². The topological polar surface area (TPSA) is 46.2 Å². The molecule has 1 atom stereocenters. The third-order valence-corrected chi connectivity index (χ3v) is 3.01. The highest BCUT2D eigenvalue weighted by Gasteiger charge is 2.27. The van der Waals surface area contributed by atoms with Crippen LogP contribution in [-0.2, 0) is 0 Å². The zero-order valence-electron chi connectivity index (χ0n) is 10.1. The molecule has 0 saturated heterocycles. The number of fused-ring (bicyclic) bond motifs is 1. The van der Waals surface area contributed by atoms with Crippen molar-refractivity contribution in [3.63, 3.8) is 0 Å². The summed E-state index contributed by atoms with van der Waals surface area (Å²) in [5, 5.41) is 11.0. The molecular weight excluding hydrogens is 255 g/mol. The molecule has 5 heteroatoms. The molecule has 2 rings (SSSR count). The highest BCUT2D eigenvalue weighted by molar-refractivity contribution is 5.84. The first-order chi connectivity index (χ1) is 8.85. The summed E-state index contributed by atoms with van der Waals surface area (Å²) in [6.07, 6.45) is -5.20. The van der Waals surface area contributed by atoms with Gasteiger partial charge in [0.05, 0.1) is 0 Å². The molecule has 0 aliphatic rings. The maximum absolute atomic E-state index is 12.1. The number of benzene rings is 2. The largest absolute Gasteiger partial charge is 0.508 e. The molecule has 0 unspecified atom stereocenters. The van der Waals surface area contributed by atoms with E-state index in [1.165, 1.54) is 6.07 Å². The maximum Gasteiger partial charge on any atom is 0.389 e. The van der Waals surface area contributed by atoms with Gasteiger partial charge in [-0.15, -0.1) is 0 Å². The summed E-state index contributed by atoms with van der Waals surface area (Å²) >= 11 is 0. The van der Waals surface area contributed by atoms with Gasteiger partial charge in [-0.05, 0) is 41.0 Å². The number of hydrogen-bond donors (Lipinski definition) is 2. The second kappa shape index (κ2) is 5.09. The maximum atomic E-state index is 12.1. The van der Waals surface area contributed by atoms with Crippen molar-refractivity contribution in [1.29, 1.82) is 0 Å². The van der Waals surface area contributed by atoms with Crippen molar-refractivity contribution in [3.05, 3.63) is 42.0 Å². The highest BCUT2D eigenvalue weighted by Crippen LogP contribution is 2.28. The van der Waals surface area contributed by atoms with E-state index in [0.29, 0.717) is 5.56 Å². The average molecular weight is 269 g/mol. The van der Waals surface area contributed by atoms with Crippen molar-refractivity contribution in [2.45, 2.75) is 25.1 Å². The van der Waals surface area contributed by atoms with Gasteiger partial charge in [-0.3, -0.25) is 0 Å². The van der Waals surface area contributed by atoms with Gasteiger partial charge in [-0.2, -0.15) is 13.2 Å². The van der Waals surface area contributed by atoms with E-state index < -0.39 is 18.6 Å². The van der Waals surface area contributed by atoms with Crippen molar-refractivity contribution in [2.75, 3.05) is 0 Å². The molecule has 102 valence electrons. The first-order valence-corrected chi connectivity index (χ1v) is 5.90. The summed E-state index contributed by atoms with van der Waals surface area (Å²) in [5.41, 5.74) is 6.44. The molecule has 3 N–H and O–H groups in total. The first kappa shape index (κ1) is 13.7. The predicted octanol–water partition coefficient (Wildman–Crippen LogP) is 3.89. The molecule has 2 nitrogen and oxygen atoms in total. The van der Waals surface area contributed by atoms with Crippen LogP contribution < -0.4 is 5.73 Å². The van der Waals surface area contributed by atoms with E-state index in [1.807, 2.05) is 0 Å². The molecule has 0 radical (unpaired) electrons. The van der Waals surface area contributed by atoms with Crippen molar-refractivity contribution in [3.8, 4) is 5.75 Å². The monoisotopic (exact) mass is 269 g/mol. The number of aromatic hydroxyl groups is 1. The Hall–Kier alpha value is -1.75. The predicted molar refractivity (Wildman–Crippen MR) is 67.8 cm³/mol. The molecule has 0 bridgehead atoms. The number of alkyl halides is 3. The second-order valence-corrected chi connectivity index (χ2v) is 4.55. The van der Waals surface area contributed by atoms with E-state index in [-0.39, 0.29) is 12.2 Å². The molecule has 0 spiro atoms. The fourth-order valence-electron chi connectivity index (χ4n) is 1.97. The molecule has 0 aromatic heterocycles. The number of phenolic OH excluding ortho intramolecular Hbond substituents is 1. The van der Waals surface area contributed by atoms with Gasteiger partial charge in [0.1, 0.15) is 5.75 Å². The van der Waals surface area contributed by atoms with Crippen LogP contribution in [0, 0.1) is 0 Å². The summed E-state index contributed by atoms with van der Waals surface area (Å²) in [7, 11) is 0. The Kier molecular flexibility index (Phi) is 3.66. The summed E-state index contributed by atoms with van der Waals surface area (Å²) < 4.78 is 36.4. The number of nitrogens with two attached hydrogens (primary N) is 1. The van der Waals surface area contributed by atoms with E-state index in [2.05, 4.69) is 0 Å². The van der Waals surface area contributed by atoms with E-state index in [1.54, 1.807) is 30.3 Å². The Morgan fingerprint density at radius 2 is 1.68 bits per heavy atom. The number of rotatable bonds is 3. The fourth-order valence-corrected chi connectivity index (χ4v) is 1.97. The SMILES string of the molecule is N[C@H](CCC(F)(F)F)c1ccc2cc(O)ccc2c1. The van der Waals surface area contributed by atoms with E-state index >= 15 is 0 Å². The molecular formula is C14H14F3NO. The van der Waals surface area contributed by atoms with Crippen LogP contribution in [0.15, 0.2) is 36.4 Å². The molecule has 0 amide bonds. The Labute approximate surface area is 108 Å². The van der Waals surface area contributed by atoms with Gasteiger partial charge in [-0.1, -0.05) is 18.2 Å². The van der Waals surface area contributed by atoms with E-state index in [9.17, 15) is 18.3 Å². The van der Waals surface area contributed by atoms with Gasteiger partial charge in [-0.25, -0.2) is 0 Å². The van der Waals surface area contributed by atoms with Gasteiger partial charge in [0.15, 0.2) is 0 Å². The van der Waals surface area contributed by atoms with E-state index in [0.717, 1.165) is 10.8 Å². The normalized spacial score (nSPS) is 13.7. The van der Waals surface area contributed by atoms with Crippen LogP contribution in [0.25, 0.3) is 10.8 Å². The van der Waals surface area contributed by atoms with Crippen LogP contribution in [0.3, 0.4) is 0 Å². The van der Waals surface area contributed by atoms with Crippen molar-refractivity contribution < 1.29 is 18.3 Å². The van der Waals surface area contributed by atoms with Crippen LogP contribution in [0.5, 0.6) is 5.75 Å². The number of phenols is 1. The van der Waals surface area contributed by atoms with Gasteiger partial charge >= 0.3 is 6.18 Å². The van der Waals surface area contributed by atoms with Gasteiger partial charge in [0, 0.05) is 12.5 Å². The Balaban J connectivity index is 2.18. The molecule has 0 aliphatic heterocycles. The standard InChI is InChI=1S/C14H14F3NO/c15-14(16,17)6-5-13(18)11-2-1-10-8-12(19)4-3-9(10)7-11/h1-4,7-8,13,19H,5-6,18H2/t13-/m1/s1. The van der Waals surface area contributed by atoms with Gasteiger partial charge in [0.2, 0.25) is 0 Å². The zero-order valence-corrected chi connectivity index (χ0v) is 10.1. The lowest BCUT2D eigenvalue weighted by Gasteiger charge is -2.14. The Bertz CT molecular complexity index is 580. The molecule has 0 saturated carbocycles. The first-order valence-electron chi connectivity index (χ1n) is 5.90. The fraction of sp³-hybridized carbons (Fsp3) is 0.286. The third kappa shape index (κ3) is 3.61. The number of halogens is 3. The number of hydrogen-bond acceptors (Lipinski definition) is 2. The molecule has 0 fully saturated rings. The lowest BCUT2D eigenvalue weighted by atomic mass is 9.99. The third-order valence-electron chi connectivity index (χ3n) is 3.01. The minimum absolute atomic E-state index is 0.132. The van der Waals surface area contributed by atoms with Crippen LogP contribution in [0.4, 0.5) is 13.2 Å².